The van der Waals surface area contributed by atoms with Gasteiger partial charge >= 0.3 is 6.03 Å². The summed E-state index contributed by atoms with van der Waals surface area (Å²) in [5, 5.41) is 5.00. The summed E-state index contributed by atoms with van der Waals surface area (Å²) in [5.74, 6) is 0.116. The van der Waals surface area contributed by atoms with Gasteiger partial charge in [-0.05, 0) is 55.3 Å². The predicted octanol–water partition coefficient (Wildman–Crippen LogP) is 3.64. The molecule has 0 aliphatic carbocycles. The molecule has 3 amide bonds. The molecule has 2 aliphatic heterocycles. The molecule has 1 atom stereocenters. The Hall–Kier alpha value is -2.54. The van der Waals surface area contributed by atoms with E-state index in [1.807, 2.05) is 27.3 Å². The number of aryl methyl sites for hydroxylation is 2. The van der Waals surface area contributed by atoms with Crippen LogP contribution < -0.4 is 10.2 Å². The maximum atomic E-state index is 13.2. The van der Waals surface area contributed by atoms with Crippen LogP contribution in [0.25, 0.3) is 0 Å². The van der Waals surface area contributed by atoms with Crippen molar-refractivity contribution in [3.8, 4) is 0 Å². The van der Waals surface area contributed by atoms with Gasteiger partial charge in [0.15, 0.2) is 0 Å². The summed E-state index contributed by atoms with van der Waals surface area (Å²) in [4.78, 5) is 33.1. The van der Waals surface area contributed by atoms with E-state index in [1.54, 1.807) is 11.3 Å². The van der Waals surface area contributed by atoms with E-state index in [1.165, 1.54) is 16.8 Å². The molecule has 0 saturated carbocycles. The Morgan fingerprint density at radius 3 is 2.61 bits per heavy atom. The van der Waals surface area contributed by atoms with Crippen molar-refractivity contribution in [2.45, 2.75) is 33.2 Å². The second-order valence-corrected chi connectivity index (χ2v) is 9.66. The van der Waals surface area contributed by atoms with Gasteiger partial charge in [-0.15, -0.1) is 11.3 Å². The van der Waals surface area contributed by atoms with E-state index in [4.69, 9.17) is 0 Å². The smallest absolute Gasteiger partial charge is 0.317 e. The number of anilines is 1. The normalized spacial score (nSPS) is 19.4. The topological polar surface area (TPSA) is 55.9 Å². The van der Waals surface area contributed by atoms with Gasteiger partial charge in [-0.1, -0.05) is 18.2 Å². The van der Waals surface area contributed by atoms with Gasteiger partial charge in [0.1, 0.15) is 0 Å². The number of nitrogens with zero attached hydrogens (tertiary/aromatic N) is 3. The molecule has 166 valence electrons. The van der Waals surface area contributed by atoms with Crippen LogP contribution in [0.4, 0.5) is 10.5 Å². The number of piperazine rings is 1. The maximum absolute atomic E-state index is 13.2. The number of urea groups is 1. The number of nitrogens with one attached hydrogen (secondary N) is 1. The fourth-order valence-corrected chi connectivity index (χ4v) is 5.18. The first-order chi connectivity index (χ1) is 15.0. The third kappa shape index (κ3) is 5.21. The summed E-state index contributed by atoms with van der Waals surface area (Å²) >= 11 is 1.64. The number of rotatable bonds is 4. The minimum absolute atomic E-state index is 0.0642. The average Bonchev–Trinajstić information content (AvgIpc) is 3.32. The molecule has 2 saturated heterocycles. The minimum atomic E-state index is -0.0894. The Labute approximate surface area is 188 Å². The molecule has 1 aromatic heterocycles. The van der Waals surface area contributed by atoms with Crippen LogP contribution in [0.3, 0.4) is 0 Å². The number of piperidine rings is 1. The van der Waals surface area contributed by atoms with Crippen LogP contribution in [0.1, 0.15) is 28.8 Å². The van der Waals surface area contributed by atoms with Crippen LogP contribution in [0.2, 0.25) is 0 Å². The number of hydrogen-bond donors (Lipinski definition) is 1. The molecule has 6 nitrogen and oxygen atoms in total. The Bertz CT molecular complexity index is 906. The molecule has 1 unspecified atom stereocenters. The molecule has 2 aromatic rings. The molecular formula is C24H32N4O2S. The van der Waals surface area contributed by atoms with Crippen LogP contribution in [-0.2, 0) is 11.3 Å². The minimum Gasteiger partial charge on any atom is -0.368 e. The Morgan fingerprint density at radius 2 is 1.87 bits per heavy atom. The molecule has 2 aliphatic rings. The highest BCUT2D eigenvalue weighted by molar-refractivity contribution is 7.09. The fraction of sp³-hybridized carbons (Fsp3) is 0.500. The molecule has 0 bridgehead atoms. The van der Waals surface area contributed by atoms with Crippen molar-refractivity contribution in [3.05, 3.63) is 51.7 Å². The zero-order chi connectivity index (χ0) is 21.8. The molecule has 7 heteroatoms. The lowest BCUT2D eigenvalue weighted by Crippen LogP contribution is -2.54. The molecule has 31 heavy (non-hydrogen) atoms. The summed E-state index contributed by atoms with van der Waals surface area (Å²) in [6, 6.07) is 10.5. The van der Waals surface area contributed by atoms with E-state index in [0.29, 0.717) is 13.1 Å². The monoisotopic (exact) mass is 440 g/mol. The number of benzene rings is 1. The van der Waals surface area contributed by atoms with Gasteiger partial charge in [-0.3, -0.25) is 4.79 Å². The van der Waals surface area contributed by atoms with Crippen molar-refractivity contribution in [1.29, 1.82) is 0 Å². The predicted molar refractivity (Wildman–Crippen MR) is 126 cm³/mol. The molecule has 0 radical (unpaired) electrons. The molecule has 4 rings (SSSR count). The summed E-state index contributed by atoms with van der Waals surface area (Å²) in [7, 11) is 0. The van der Waals surface area contributed by atoms with Crippen molar-refractivity contribution in [2.75, 3.05) is 44.2 Å². The number of carbonyl (C=O) groups is 2. The van der Waals surface area contributed by atoms with Gasteiger partial charge in [0.2, 0.25) is 5.91 Å². The van der Waals surface area contributed by atoms with Crippen molar-refractivity contribution in [3.63, 3.8) is 0 Å². The maximum Gasteiger partial charge on any atom is 0.317 e. The first-order valence-electron chi connectivity index (χ1n) is 11.2. The molecule has 3 heterocycles. The van der Waals surface area contributed by atoms with Gasteiger partial charge in [-0.2, -0.15) is 0 Å². The highest BCUT2D eigenvalue weighted by Crippen LogP contribution is 2.25. The summed E-state index contributed by atoms with van der Waals surface area (Å²) in [6.45, 7) is 9.25. The van der Waals surface area contributed by atoms with Gasteiger partial charge < -0.3 is 20.0 Å². The van der Waals surface area contributed by atoms with E-state index in [2.05, 4.69) is 42.3 Å². The number of likely N-dealkylation sites (tertiary alicyclic amines) is 1. The lowest BCUT2D eigenvalue weighted by atomic mass is 9.96. The molecular weight excluding hydrogens is 408 g/mol. The largest absolute Gasteiger partial charge is 0.368 e. The summed E-state index contributed by atoms with van der Waals surface area (Å²) in [6.07, 6.45) is 1.75. The number of amides is 3. The van der Waals surface area contributed by atoms with Crippen LogP contribution in [-0.4, -0.2) is 61.0 Å². The molecule has 1 N–H and O–H groups in total. The first kappa shape index (κ1) is 21.7. The average molecular weight is 441 g/mol. The highest BCUT2D eigenvalue weighted by Gasteiger charge is 2.32. The third-order valence-corrected chi connectivity index (χ3v) is 7.22. The fourth-order valence-electron chi connectivity index (χ4n) is 4.54. The quantitative estimate of drug-likeness (QED) is 0.790. The van der Waals surface area contributed by atoms with Crippen molar-refractivity contribution in [2.24, 2.45) is 5.92 Å². The highest BCUT2D eigenvalue weighted by atomic mass is 32.1. The van der Waals surface area contributed by atoms with Gasteiger partial charge in [0.25, 0.3) is 0 Å². The van der Waals surface area contributed by atoms with Gasteiger partial charge in [0.05, 0.1) is 12.5 Å². The van der Waals surface area contributed by atoms with E-state index in [9.17, 15) is 9.59 Å². The van der Waals surface area contributed by atoms with Crippen LogP contribution in [0.15, 0.2) is 35.7 Å². The zero-order valence-electron chi connectivity index (χ0n) is 18.5. The van der Waals surface area contributed by atoms with Crippen molar-refractivity contribution >= 4 is 29.0 Å². The zero-order valence-corrected chi connectivity index (χ0v) is 19.3. The van der Waals surface area contributed by atoms with E-state index in [0.717, 1.165) is 50.4 Å². The van der Waals surface area contributed by atoms with E-state index in [-0.39, 0.29) is 17.9 Å². The molecule has 1 aromatic carbocycles. The van der Waals surface area contributed by atoms with E-state index < -0.39 is 0 Å². The second-order valence-electron chi connectivity index (χ2n) is 8.63. The summed E-state index contributed by atoms with van der Waals surface area (Å²) in [5.41, 5.74) is 3.82. The number of hydrogen-bond acceptors (Lipinski definition) is 4. The Balaban J connectivity index is 1.29. The first-order valence-corrected chi connectivity index (χ1v) is 12.1. The van der Waals surface area contributed by atoms with Gasteiger partial charge in [-0.25, -0.2) is 4.79 Å². The lowest BCUT2D eigenvalue weighted by Gasteiger charge is -2.40. The SMILES string of the molecule is Cc1ccc(C)c(N2CCN(C(=O)C3CCCN(C(=O)NCc4cccs4)C3)CC2)c1. The van der Waals surface area contributed by atoms with Crippen LogP contribution in [0, 0.1) is 19.8 Å². The van der Waals surface area contributed by atoms with Crippen molar-refractivity contribution in [1.82, 2.24) is 15.1 Å². The Kier molecular flexibility index (Phi) is 6.80. The van der Waals surface area contributed by atoms with Gasteiger partial charge in [0, 0.05) is 49.8 Å². The van der Waals surface area contributed by atoms with Crippen LogP contribution >= 0.6 is 11.3 Å². The third-order valence-electron chi connectivity index (χ3n) is 6.35. The summed E-state index contributed by atoms with van der Waals surface area (Å²) < 4.78 is 0. The number of carbonyl (C=O) groups excluding carboxylic acids is 2. The van der Waals surface area contributed by atoms with E-state index >= 15 is 0 Å². The van der Waals surface area contributed by atoms with Crippen molar-refractivity contribution < 1.29 is 9.59 Å². The number of thiophene rings is 1. The lowest BCUT2D eigenvalue weighted by molar-refractivity contribution is -0.137. The van der Waals surface area contributed by atoms with Crippen LogP contribution in [0.5, 0.6) is 0 Å². The Morgan fingerprint density at radius 1 is 1.06 bits per heavy atom. The second kappa shape index (κ2) is 9.73. The molecule has 0 spiro atoms. The standard InChI is InChI=1S/C24H32N4O2S/c1-18-7-8-19(2)22(15-18)26-10-12-27(13-11-26)23(29)20-5-3-9-28(17-20)24(30)25-16-21-6-4-14-31-21/h4,6-8,14-15,20H,3,5,9-13,16-17H2,1-2H3,(H,25,30). The molecule has 2 fully saturated rings.